The predicted molar refractivity (Wildman–Crippen MR) is 137 cm³/mol. The molecule has 0 saturated carbocycles. The minimum absolute atomic E-state index is 0.00575. The van der Waals surface area contributed by atoms with Gasteiger partial charge in [-0.1, -0.05) is 54.7 Å². The van der Waals surface area contributed by atoms with Gasteiger partial charge in [0.25, 0.3) is 0 Å². The molecule has 0 spiro atoms. The Morgan fingerprint density at radius 2 is 1.50 bits per heavy atom. The molecular weight excluding hydrogens is 396 g/mol. The number of amidine groups is 1. The molecule has 0 atom stereocenters. The number of hydrogen-bond donors (Lipinski definition) is 3. The minimum atomic E-state index is -0.00575. The topological polar surface area (TPSA) is 66.3 Å². The molecule has 1 aliphatic rings. The van der Waals surface area contributed by atoms with E-state index in [1.54, 1.807) is 0 Å². The highest BCUT2D eigenvalue weighted by atomic mass is 15.3. The number of benzene rings is 1. The summed E-state index contributed by atoms with van der Waals surface area (Å²) in [5.74, 6) is 1.53. The maximum Gasteiger partial charge on any atom is 0.126 e. The standard InChI is InChI=1S/C26H36N6/c1-17(22-15-23(26(6,7)8)31-32(22)9)28-20-10-12-21(13-11-20)29-18(2)30-24-14-19(16-27-24)25(3,4)5/h10-15,28-29H,1-2,16H2,3-9H3,(H,27,30). The monoisotopic (exact) mass is 432 g/mol. The van der Waals surface area contributed by atoms with Gasteiger partial charge in [0.05, 0.1) is 23.6 Å². The van der Waals surface area contributed by atoms with Crippen molar-refractivity contribution in [2.24, 2.45) is 17.5 Å². The van der Waals surface area contributed by atoms with Crippen LogP contribution in [0.25, 0.3) is 5.70 Å². The second-order valence-corrected chi connectivity index (χ2v) is 10.3. The van der Waals surface area contributed by atoms with Crippen molar-refractivity contribution in [2.45, 2.75) is 47.0 Å². The third-order valence-corrected chi connectivity index (χ3v) is 5.41. The molecule has 6 nitrogen and oxygen atoms in total. The number of hydrogen-bond acceptors (Lipinski definition) is 5. The maximum atomic E-state index is 4.63. The molecule has 6 heteroatoms. The predicted octanol–water partition coefficient (Wildman–Crippen LogP) is 5.66. The normalized spacial score (nSPS) is 14.0. The largest absolute Gasteiger partial charge is 0.354 e. The molecule has 0 bridgehead atoms. The third-order valence-electron chi connectivity index (χ3n) is 5.41. The summed E-state index contributed by atoms with van der Waals surface area (Å²) in [4.78, 5) is 4.55. The first-order valence-electron chi connectivity index (χ1n) is 10.9. The van der Waals surface area contributed by atoms with Crippen LogP contribution in [0, 0.1) is 5.41 Å². The summed E-state index contributed by atoms with van der Waals surface area (Å²) in [6, 6.07) is 10.1. The fourth-order valence-corrected chi connectivity index (χ4v) is 3.31. The molecule has 3 rings (SSSR count). The molecule has 0 amide bonds. The zero-order valence-corrected chi connectivity index (χ0v) is 20.4. The average molecular weight is 433 g/mol. The first-order chi connectivity index (χ1) is 14.8. The van der Waals surface area contributed by atoms with Crippen molar-refractivity contribution in [1.82, 2.24) is 15.1 Å². The van der Waals surface area contributed by atoms with Crippen molar-refractivity contribution in [3.8, 4) is 0 Å². The number of aromatic nitrogens is 2. The van der Waals surface area contributed by atoms with Crippen LogP contribution in [0.1, 0.15) is 52.9 Å². The van der Waals surface area contributed by atoms with Gasteiger partial charge >= 0.3 is 0 Å². The smallest absolute Gasteiger partial charge is 0.126 e. The van der Waals surface area contributed by atoms with Crippen LogP contribution >= 0.6 is 0 Å². The molecule has 0 saturated heterocycles. The molecule has 2 aromatic rings. The van der Waals surface area contributed by atoms with Crippen molar-refractivity contribution in [1.29, 1.82) is 0 Å². The summed E-state index contributed by atoms with van der Waals surface area (Å²) in [6.45, 7) is 22.1. The van der Waals surface area contributed by atoms with E-state index < -0.39 is 0 Å². The summed E-state index contributed by atoms with van der Waals surface area (Å²) in [5.41, 5.74) is 6.14. The lowest BCUT2D eigenvalue weighted by Crippen LogP contribution is -2.24. The van der Waals surface area contributed by atoms with E-state index in [-0.39, 0.29) is 10.8 Å². The van der Waals surface area contributed by atoms with E-state index in [1.165, 1.54) is 5.57 Å². The van der Waals surface area contributed by atoms with Gasteiger partial charge in [-0.2, -0.15) is 5.10 Å². The second kappa shape index (κ2) is 8.69. The Morgan fingerprint density at radius 1 is 0.906 bits per heavy atom. The van der Waals surface area contributed by atoms with Crippen molar-refractivity contribution in [3.05, 3.63) is 72.3 Å². The molecule has 0 radical (unpaired) electrons. The van der Waals surface area contributed by atoms with Gasteiger partial charge in [0.1, 0.15) is 11.7 Å². The lowest BCUT2D eigenvalue weighted by molar-refractivity contribution is 0.499. The first kappa shape index (κ1) is 23.4. The number of nitrogens with zero attached hydrogens (tertiary/aromatic N) is 3. The summed E-state index contributed by atoms with van der Waals surface area (Å²) < 4.78 is 1.87. The molecule has 32 heavy (non-hydrogen) atoms. The van der Waals surface area contributed by atoms with Gasteiger partial charge < -0.3 is 16.0 Å². The van der Waals surface area contributed by atoms with Gasteiger partial charge in [-0.15, -0.1) is 0 Å². The van der Waals surface area contributed by atoms with Crippen LogP contribution in [0.3, 0.4) is 0 Å². The van der Waals surface area contributed by atoms with Gasteiger partial charge in [-0.3, -0.25) is 9.67 Å². The van der Waals surface area contributed by atoms with Gasteiger partial charge in [0, 0.05) is 23.8 Å². The highest BCUT2D eigenvalue weighted by Crippen LogP contribution is 2.28. The number of aryl methyl sites for hydroxylation is 1. The number of rotatable bonds is 6. The molecule has 0 aliphatic carbocycles. The molecule has 0 unspecified atom stereocenters. The van der Waals surface area contributed by atoms with Crippen molar-refractivity contribution < 1.29 is 0 Å². The first-order valence-corrected chi connectivity index (χ1v) is 10.9. The van der Waals surface area contributed by atoms with Crippen LogP contribution in [0.4, 0.5) is 11.4 Å². The van der Waals surface area contributed by atoms with E-state index in [0.717, 1.165) is 40.8 Å². The van der Waals surface area contributed by atoms with E-state index in [9.17, 15) is 0 Å². The third kappa shape index (κ3) is 5.69. The molecule has 170 valence electrons. The molecular formula is C26H36N6. The number of nitrogens with one attached hydrogen (secondary N) is 3. The molecule has 3 N–H and O–H groups in total. The van der Waals surface area contributed by atoms with E-state index >= 15 is 0 Å². The summed E-state index contributed by atoms with van der Waals surface area (Å²) in [6.07, 6.45) is 2.11. The molecule has 1 aliphatic heterocycles. The fraction of sp³-hybridized carbons (Fsp3) is 0.385. The van der Waals surface area contributed by atoms with Crippen LogP contribution in [-0.2, 0) is 12.5 Å². The average Bonchev–Trinajstić information content (AvgIpc) is 3.29. The zero-order valence-electron chi connectivity index (χ0n) is 20.4. The number of anilines is 2. The van der Waals surface area contributed by atoms with E-state index in [1.807, 2.05) is 36.0 Å². The van der Waals surface area contributed by atoms with Crippen molar-refractivity contribution >= 4 is 22.9 Å². The number of aliphatic imine (C=N–C) groups is 1. The van der Waals surface area contributed by atoms with E-state index in [2.05, 4.69) is 92.9 Å². The van der Waals surface area contributed by atoms with Crippen LogP contribution in [-0.4, -0.2) is 22.2 Å². The Hall–Kier alpha value is -3.28. The van der Waals surface area contributed by atoms with Crippen molar-refractivity contribution in [3.63, 3.8) is 0 Å². The Bertz CT molecular complexity index is 1070. The van der Waals surface area contributed by atoms with Gasteiger partial charge in [0.15, 0.2) is 0 Å². The lowest BCUT2D eigenvalue weighted by atomic mass is 9.87. The van der Waals surface area contributed by atoms with E-state index in [4.69, 9.17) is 0 Å². The van der Waals surface area contributed by atoms with Gasteiger partial charge in [-0.05, 0) is 47.4 Å². The summed E-state index contributed by atoms with van der Waals surface area (Å²) in [5, 5.41) is 14.5. The second-order valence-electron chi connectivity index (χ2n) is 10.3. The molecule has 1 aromatic heterocycles. The van der Waals surface area contributed by atoms with Crippen LogP contribution in [0.15, 0.2) is 66.0 Å². The molecule has 0 fully saturated rings. The highest BCUT2D eigenvalue weighted by Gasteiger charge is 2.21. The van der Waals surface area contributed by atoms with E-state index in [0.29, 0.717) is 5.82 Å². The Morgan fingerprint density at radius 3 is 2.00 bits per heavy atom. The quantitative estimate of drug-likeness (QED) is 0.551. The lowest BCUT2D eigenvalue weighted by Gasteiger charge is -2.18. The zero-order chi connectivity index (χ0) is 23.7. The Balaban J connectivity index is 1.58. The molecule has 1 aromatic carbocycles. The van der Waals surface area contributed by atoms with Crippen LogP contribution in [0.2, 0.25) is 0 Å². The minimum Gasteiger partial charge on any atom is -0.354 e. The van der Waals surface area contributed by atoms with Gasteiger partial charge in [-0.25, -0.2) is 0 Å². The SMILES string of the molecule is C=C(NC1=NCC(C(C)(C)C)=C1)Nc1ccc(NC(=C)c2cc(C(C)(C)C)nn2C)cc1. The molecule has 2 heterocycles. The van der Waals surface area contributed by atoms with Gasteiger partial charge in [0.2, 0.25) is 0 Å². The van der Waals surface area contributed by atoms with Crippen LogP contribution < -0.4 is 16.0 Å². The fourth-order valence-electron chi connectivity index (χ4n) is 3.31. The van der Waals surface area contributed by atoms with Crippen LogP contribution in [0.5, 0.6) is 0 Å². The Kier molecular flexibility index (Phi) is 6.35. The summed E-state index contributed by atoms with van der Waals surface area (Å²) in [7, 11) is 1.94. The van der Waals surface area contributed by atoms with Crippen molar-refractivity contribution in [2.75, 3.05) is 17.2 Å². The Labute approximate surface area is 192 Å². The summed E-state index contributed by atoms with van der Waals surface area (Å²) >= 11 is 0. The highest BCUT2D eigenvalue weighted by molar-refractivity contribution is 5.97. The maximum absolute atomic E-state index is 4.63.